The van der Waals surface area contributed by atoms with Gasteiger partial charge in [0.05, 0.1) is 12.5 Å². The normalized spacial score (nSPS) is 20.4. The summed E-state index contributed by atoms with van der Waals surface area (Å²) >= 11 is 0. The molecule has 4 N–H and O–H groups in total. The molecule has 1 aliphatic carbocycles. The van der Waals surface area contributed by atoms with Crippen LogP contribution in [0.5, 0.6) is 0 Å². The summed E-state index contributed by atoms with van der Waals surface area (Å²) in [5, 5.41) is 6.29. The number of halogens is 1. The number of piperidine rings is 1. The predicted octanol–water partition coefficient (Wildman–Crippen LogP) is 3.00. The molecule has 1 aromatic carbocycles. The number of nitrogens with one attached hydrogen (secondary N) is 2. The van der Waals surface area contributed by atoms with E-state index in [9.17, 15) is 9.18 Å². The number of benzene rings is 1. The molecule has 31 heavy (non-hydrogen) atoms. The molecule has 1 aromatic heterocycles. The van der Waals surface area contributed by atoms with Crippen molar-refractivity contribution in [2.75, 3.05) is 24.1 Å². The topological polar surface area (TPSA) is 109 Å². The number of anilines is 3. The van der Waals surface area contributed by atoms with Crippen LogP contribution in [-0.2, 0) is 11.3 Å². The standard InChI is InChI=1S/C22H30FN7O/c23-16-8-10-18(11-9-16)26-22-28-19(27-21(24)29-22)14-30-12-4-5-15(13-30)20(31)25-17-6-2-1-3-7-17/h8-11,15,17H,1-7,12-14H2,(H,25,31)(H3,24,26,27,28,29). The maximum absolute atomic E-state index is 13.1. The second-order valence-electron chi connectivity index (χ2n) is 8.48. The van der Waals surface area contributed by atoms with Crippen molar-refractivity contribution >= 4 is 23.5 Å². The maximum Gasteiger partial charge on any atom is 0.232 e. The summed E-state index contributed by atoms with van der Waals surface area (Å²) in [6.07, 6.45) is 7.74. The molecule has 2 fully saturated rings. The fourth-order valence-electron chi connectivity index (χ4n) is 4.41. The Bertz CT molecular complexity index is 886. The van der Waals surface area contributed by atoms with E-state index in [1.54, 1.807) is 12.1 Å². The van der Waals surface area contributed by atoms with E-state index in [1.807, 2.05) is 0 Å². The number of amides is 1. The van der Waals surface area contributed by atoms with Gasteiger partial charge in [-0.05, 0) is 56.5 Å². The zero-order chi connectivity index (χ0) is 21.6. The number of rotatable bonds is 6. The molecule has 2 aliphatic rings. The van der Waals surface area contributed by atoms with Crippen molar-refractivity contribution in [3.8, 4) is 0 Å². The van der Waals surface area contributed by atoms with Gasteiger partial charge >= 0.3 is 0 Å². The average molecular weight is 428 g/mol. The van der Waals surface area contributed by atoms with E-state index in [-0.39, 0.29) is 23.6 Å². The van der Waals surface area contributed by atoms with Gasteiger partial charge in [-0.25, -0.2) is 4.39 Å². The van der Waals surface area contributed by atoms with Crippen molar-refractivity contribution in [3.63, 3.8) is 0 Å². The van der Waals surface area contributed by atoms with Crippen LogP contribution in [0.1, 0.15) is 50.8 Å². The van der Waals surface area contributed by atoms with Crippen LogP contribution < -0.4 is 16.4 Å². The van der Waals surface area contributed by atoms with Gasteiger partial charge in [0.2, 0.25) is 17.8 Å². The summed E-state index contributed by atoms with van der Waals surface area (Å²) in [5.41, 5.74) is 6.54. The van der Waals surface area contributed by atoms with Crippen molar-refractivity contribution in [3.05, 3.63) is 35.9 Å². The van der Waals surface area contributed by atoms with E-state index in [0.717, 1.165) is 32.2 Å². The maximum atomic E-state index is 13.1. The lowest BCUT2D eigenvalue weighted by Crippen LogP contribution is -2.46. The molecule has 4 rings (SSSR count). The Hall–Kier alpha value is -2.81. The van der Waals surface area contributed by atoms with Crippen molar-refractivity contribution in [2.45, 2.75) is 57.5 Å². The molecule has 2 heterocycles. The number of hydrogen-bond acceptors (Lipinski definition) is 7. The van der Waals surface area contributed by atoms with Gasteiger partial charge in [0.25, 0.3) is 0 Å². The minimum Gasteiger partial charge on any atom is -0.368 e. The number of nitrogens with zero attached hydrogens (tertiary/aromatic N) is 4. The number of nitrogen functional groups attached to an aromatic ring is 1. The van der Waals surface area contributed by atoms with Crippen LogP contribution in [-0.4, -0.2) is 44.9 Å². The molecule has 1 amide bonds. The predicted molar refractivity (Wildman–Crippen MR) is 117 cm³/mol. The summed E-state index contributed by atoms with van der Waals surface area (Å²) in [6, 6.07) is 6.27. The monoisotopic (exact) mass is 427 g/mol. The second kappa shape index (κ2) is 10.00. The van der Waals surface area contributed by atoms with Crippen LogP contribution in [0.2, 0.25) is 0 Å². The SMILES string of the molecule is Nc1nc(CN2CCCC(C(=O)NC3CCCCC3)C2)nc(Nc2ccc(F)cc2)n1. The van der Waals surface area contributed by atoms with Gasteiger partial charge in [0, 0.05) is 18.3 Å². The van der Waals surface area contributed by atoms with Gasteiger partial charge < -0.3 is 16.4 Å². The molecular weight excluding hydrogens is 397 g/mol. The molecule has 8 nitrogen and oxygen atoms in total. The van der Waals surface area contributed by atoms with E-state index >= 15 is 0 Å². The lowest BCUT2D eigenvalue weighted by molar-refractivity contribution is -0.127. The third kappa shape index (κ3) is 6.10. The Morgan fingerprint density at radius 1 is 1.06 bits per heavy atom. The molecule has 0 radical (unpaired) electrons. The first-order chi connectivity index (χ1) is 15.0. The van der Waals surface area contributed by atoms with Crippen LogP contribution in [0.25, 0.3) is 0 Å². The number of hydrogen-bond donors (Lipinski definition) is 3. The molecule has 1 atom stereocenters. The zero-order valence-corrected chi connectivity index (χ0v) is 17.7. The fourth-order valence-corrected chi connectivity index (χ4v) is 4.41. The second-order valence-corrected chi connectivity index (χ2v) is 8.48. The first-order valence-corrected chi connectivity index (χ1v) is 11.1. The van der Waals surface area contributed by atoms with Gasteiger partial charge in [0.1, 0.15) is 11.6 Å². The number of carbonyl (C=O) groups is 1. The minimum absolute atomic E-state index is 0.00771. The van der Waals surface area contributed by atoms with Crippen LogP contribution >= 0.6 is 0 Å². The number of likely N-dealkylation sites (tertiary alicyclic amines) is 1. The van der Waals surface area contributed by atoms with Crippen LogP contribution in [0.4, 0.5) is 22.0 Å². The van der Waals surface area contributed by atoms with Crippen LogP contribution in [0.3, 0.4) is 0 Å². The molecule has 1 unspecified atom stereocenters. The summed E-state index contributed by atoms with van der Waals surface area (Å²) in [5.74, 6) is 0.840. The van der Waals surface area contributed by atoms with Gasteiger partial charge in [0.15, 0.2) is 0 Å². The summed E-state index contributed by atoms with van der Waals surface area (Å²) < 4.78 is 13.1. The van der Waals surface area contributed by atoms with Gasteiger partial charge in [-0.1, -0.05) is 19.3 Å². The number of carbonyl (C=O) groups excluding carboxylic acids is 1. The Labute approximate surface area is 181 Å². The van der Waals surface area contributed by atoms with E-state index in [1.165, 1.54) is 31.4 Å². The highest BCUT2D eigenvalue weighted by Crippen LogP contribution is 2.22. The lowest BCUT2D eigenvalue weighted by Gasteiger charge is -2.33. The van der Waals surface area contributed by atoms with E-state index in [2.05, 4.69) is 30.5 Å². The molecule has 166 valence electrons. The molecule has 2 aromatic rings. The highest BCUT2D eigenvalue weighted by Gasteiger charge is 2.28. The number of nitrogens with two attached hydrogens (primary N) is 1. The Kier molecular flexibility index (Phi) is 6.91. The van der Waals surface area contributed by atoms with Gasteiger partial charge in [-0.2, -0.15) is 15.0 Å². The largest absolute Gasteiger partial charge is 0.368 e. The third-order valence-electron chi connectivity index (χ3n) is 5.99. The van der Waals surface area contributed by atoms with Gasteiger partial charge in [-0.15, -0.1) is 0 Å². The molecule has 1 aliphatic heterocycles. The summed E-state index contributed by atoms with van der Waals surface area (Å²) in [4.78, 5) is 27.8. The van der Waals surface area contributed by atoms with Crippen molar-refractivity contribution in [1.29, 1.82) is 0 Å². The average Bonchev–Trinajstić information content (AvgIpc) is 2.76. The Balaban J connectivity index is 1.36. The Morgan fingerprint density at radius 3 is 2.61 bits per heavy atom. The number of aromatic nitrogens is 3. The third-order valence-corrected chi connectivity index (χ3v) is 5.99. The van der Waals surface area contributed by atoms with Crippen LogP contribution in [0, 0.1) is 11.7 Å². The first-order valence-electron chi connectivity index (χ1n) is 11.1. The molecule has 0 bridgehead atoms. The molecule has 1 saturated heterocycles. The van der Waals surface area contributed by atoms with Crippen molar-refractivity contribution < 1.29 is 9.18 Å². The van der Waals surface area contributed by atoms with E-state index in [4.69, 9.17) is 5.73 Å². The zero-order valence-electron chi connectivity index (χ0n) is 17.7. The molecule has 9 heteroatoms. The minimum atomic E-state index is -0.312. The van der Waals surface area contributed by atoms with Crippen LogP contribution in [0.15, 0.2) is 24.3 Å². The highest BCUT2D eigenvalue weighted by atomic mass is 19.1. The van der Waals surface area contributed by atoms with Crippen molar-refractivity contribution in [2.24, 2.45) is 5.92 Å². The Morgan fingerprint density at radius 2 is 1.84 bits per heavy atom. The summed E-state index contributed by atoms with van der Waals surface area (Å²) in [7, 11) is 0. The molecule has 0 spiro atoms. The highest BCUT2D eigenvalue weighted by molar-refractivity contribution is 5.79. The molecular formula is C22H30FN7O. The summed E-state index contributed by atoms with van der Waals surface area (Å²) in [6.45, 7) is 2.07. The smallest absolute Gasteiger partial charge is 0.232 e. The molecule has 1 saturated carbocycles. The van der Waals surface area contributed by atoms with E-state index in [0.29, 0.717) is 36.6 Å². The van der Waals surface area contributed by atoms with Crippen molar-refractivity contribution in [1.82, 2.24) is 25.2 Å². The van der Waals surface area contributed by atoms with E-state index < -0.39 is 0 Å². The first kappa shape index (κ1) is 21.4. The lowest BCUT2D eigenvalue weighted by atomic mass is 9.93. The van der Waals surface area contributed by atoms with Gasteiger partial charge in [-0.3, -0.25) is 9.69 Å². The quantitative estimate of drug-likeness (QED) is 0.650. The fraction of sp³-hybridized carbons (Fsp3) is 0.545.